The lowest BCUT2D eigenvalue weighted by Crippen LogP contribution is -2.17. The molecule has 280 valence electrons. The van der Waals surface area contributed by atoms with Crippen LogP contribution in [0.5, 0.6) is 0 Å². The van der Waals surface area contributed by atoms with Gasteiger partial charge in [0.25, 0.3) is 0 Å². The number of nitrogens with zero attached hydrogens (tertiary/aromatic N) is 1. The van der Waals surface area contributed by atoms with Crippen molar-refractivity contribution in [1.82, 2.24) is 0 Å². The van der Waals surface area contributed by atoms with E-state index in [2.05, 4.69) is 234 Å². The van der Waals surface area contributed by atoms with Crippen LogP contribution in [0.4, 0.5) is 17.1 Å². The Kier molecular flexibility index (Phi) is 8.46. The second kappa shape index (κ2) is 13.7. The van der Waals surface area contributed by atoms with Gasteiger partial charge in [-0.15, -0.1) is 0 Å². The first kappa shape index (κ1) is 35.7. The van der Waals surface area contributed by atoms with Gasteiger partial charge < -0.3 is 4.90 Å². The second-order valence-corrected chi connectivity index (χ2v) is 17.3. The first-order chi connectivity index (χ1) is 28.2. The lowest BCUT2D eigenvalue weighted by atomic mass is 9.80. The van der Waals surface area contributed by atoms with E-state index in [9.17, 15) is 0 Å². The quantitative estimate of drug-likeness (QED) is 0.164. The van der Waals surface area contributed by atoms with E-state index in [4.69, 9.17) is 0 Å². The molecule has 0 unspecified atom stereocenters. The van der Waals surface area contributed by atoms with Gasteiger partial charge in [0.05, 0.1) is 11.4 Å². The van der Waals surface area contributed by atoms with Crippen molar-refractivity contribution in [1.29, 1.82) is 0 Å². The molecule has 10 rings (SSSR count). The van der Waals surface area contributed by atoms with Crippen molar-refractivity contribution in [3.05, 3.63) is 211 Å². The Morgan fingerprint density at radius 2 is 0.983 bits per heavy atom. The molecule has 0 bridgehead atoms. The minimum atomic E-state index is -0.0971. The molecule has 0 atom stereocenters. The first-order valence-corrected chi connectivity index (χ1v) is 20.5. The lowest BCUT2D eigenvalue weighted by molar-refractivity contribution is 0.596. The highest BCUT2D eigenvalue weighted by Crippen LogP contribution is 2.54. The molecule has 0 saturated carbocycles. The molecule has 0 aliphatic heterocycles. The summed E-state index contributed by atoms with van der Waals surface area (Å²) in [7, 11) is 0. The zero-order chi connectivity index (χ0) is 39.6. The highest BCUT2D eigenvalue weighted by Gasteiger charge is 2.36. The second-order valence-electron chi connectivity index (χ2n) is 17.3. The Morgan fingerprint density at radius 1 is 0.414 bits per heavy atom. The van der Waals surface area contributed by atoms with Gasteiger partial charge >= 0.3 is 0 Å². The van der Waals surface area contributed by atoms with Gasteiger partial charge in [0.1, 0.15) is 0 Å². The van der Waals surface area contributed by atoms with E-state index in [-0.39, 0.29) is 10.8 Å². The minimum Gasteiger partial charge on any atom is -0.309 e. The van der Waals surface area contributed by atoms with Crippen LogP contribution in [-0.4, -0.2) is 0 Å². The molecule has 0 spiro atoms. The topological polar surface area (TPSA) is 3.24 Å². The Bertz CT molecular complexity index is 2980. The van der Waals surface area contributed by atoms with Gasteiger partial charge in [0.2, 0.25) is 0 Å². The van der Waals surface area contributed by atoms with Crippen LogP contribution in [-0.2, 0) is 10.8 Å². The van der Waals surface area contributed by atoms with Crippen molar-refractivity contribution in [2.45, 2.75) is 45.4 Å². The molecule has 58 heavy (non-hydrogen) atoms. The van der Waals surface area contributed by atoms with Gasteiger partial charge in [-0.25, -0.2) is 0 Å². The Morgan fingerprint density at radius 3 is 1.71 bits per heavy atom. The molecule has 0 amide bonds. The highest BCUT2D eigenvalue weighted by molar-refractivity contribution is 6.12. The summed E-state index contributed by atoms with van der Waals surface area (Å²) in [5.74, 6) is 0. The molecule has 1 heteroatoms. The van der Waals surface area contributed by atoms with E-state index < -0.39 is 0 Å². The van der Waals surface area contributed by atoms with Crippen LogP contribution in [0.15, 0.2) is 194 Å². The van der Waals surface area contributed by atoms with Crippen LogP contribution in [0.2, 0.25) is 0 Å². The molecule has 1 aliphatic carbocycles. The Balaban J connectivity index is 1.33. The van der Waals surface area contributed by atoms with E-state index >= 15 is 0 Å². The summed E-state index contributed by atoms with van der Waals surface area (Å²) in [6.45, 7) is 11.7. The van der Waals surface area contributed by atoms with E-state index in [1.807, 2.05) is 0 Å². The van der Waals surface area contributed by atoms with Crippen LogP contribution >= 0.6 is 0 Å². The third-order valence-corrected chi connectivity index (χ3v) is 12.4. The normalized spacial score (nSPS) is 13.1. The van der Waals surface area contributed by atoms with E-state index in [0.29, 0.717) is 0 Å². The fraction of sp³-hybridized carbons (Fsp3) is 0.123. The molecular weight excluding hydrogens is 699 g/mol. The molecule has 0 fully saturated rings. The van der Waals surface area contributed by atoms with Crippen LogP contribution in [0.1, 0.15) is 51.3 Å². The summed E-state index contributed by atoms with van der Waals surface area (Å²) in [4.78, 5) is 2.58. The zero-order valence-electron chi connectivity index (χ0n) is 33.9. The number of hydrogen-bond donors (Lipinski definition) is 0. The molecule has 0 saturated heterocycles. The molecule has 0 radical (unpaired) electrons. The first-order valence-electron chi connectivity index (χ1n) is 20.5. The number of anilines is 3. The van der Waals surface area contributed by atoms with Crippen LogP contribution in [0, 0.1) is 0 Å². The van der Waals surface area contributed by atoms with E-state index in [1.54, 1.807) is 0 Å². The van der Waals surface area contributed by atoms with E-state index in [0.717, 1.165) is 11.4 Å². The van der Waals surface area contributed by atoms with Gasteiger partial charge in [0, 0.05) is 27.6 Å². The molecular formula is C57H47N. The largest absolute Gasteiger partial charge is 0.309 e. The fourth-order valence-electron chi connectivity index (χ4n) is 9.50. The van der Waals surface area contributed by atoms with Crippen LogP contribution in [0.25, 0.3) is 66.1 Å². The predicted molar refractivity (Wildman–Crippen MR) is 249 cm³/mol. The molecule has 9 aromatic rings. The average molecular weight is 746 g/mol. The van der Waals surface area contributed by atoms with Crippen molar-refractivity contribution >= 4 is 38.6 Å². The summed E-state index contributed by atoms with van der Waals surface area (Å²) < 4.78 is 0. The molecule has 9 aromatic carbocycles. The number of fused-ring (bicyclic) bond motifs is 5. The van der Waals surface area contributed by atoms with Crippen molar-refractivity contribution in [3.63, 3.8) is 0 Å². The summed E-state index contributed by atoms with van der Waals surface area (Å²) >= 11 is 0. The number of hydrogen-bond acceptors (Lipinski definition) is 1. The van der Waals surface area contributed by atoms with Crippen molar-refractivity contribution in [3.8, 4) is 44.5 Å². The minimum absolute atomic E-state index is 0.0794. The predicted octanol–water partition coefficient (Wildman–Crippen LogP) is 16.1. The van der Waals surface area contributed by atoms with Crippen LogP contribution in [0.3, 0.4) is 0 Å². The maximum absolute atomic E-state index is 2.58. The lowest BCUT2D eigenvalue weighted by Gasteiger charge is -2.34. The van der Waals surface area contributed by atoms with Gasteiger partial charge in [-0.05, 0) is 95.9 Å². The summed E-state index contributed by atoms with van der Waals surface area (Å²) in [6, 6.07) is 72.0. The summed E-state index contributed by atoms with van der Waals surface area (Å²) in [6.07, 6.45) is 0. The van der Waals surface area contributed by atoms with Gasteiger partial charge in [-0.1, -0.05) is 204 Å². The molecule has 0 aromatic heterocycles. The maximum atomic E-state index is 2.58. The monoisotopic (exact) mass is 745 g/mol. The molecule has 1 aliphatic rings. The van der Waals surface area contributed by atoms with Gasteiger partial charge in [-0.2, -0.15) is 0 Å². The summed E-state index contributed by atoms with van der Waals surface area (Å²) in [5.41, 5.74) is 17.2. The Labute approximate surface area is 342 Å². The molecule has 0 N–H and O–H groups in total. The van der Waals surface area contributed by atoms with E-state index in [1.165, 1.54) is 88.4 Å². The molecule has 0 heterocycles. The standard InChI is InChI=1S/C57H47N/c1-56(2,3)52-37-48(40-20-10-7-11-21-40)55(47-26-15-14-24-45(47)52)58(43-33-34-51-49(36-43)46-25-16-17-27-50(46)57(51,4)5)53-35-32-41-22-12-13-23-44(41)54(53)42-30-28-39(29-31-42)38-18-8-6-9-19-38/h6-37H,1-5H3. The zero-order valence-corrected chi connectivity index (χ0v) is 33.9. The summed E-state index contributed by atoms with van der Waals surface area (Å²) in [5, 5.41) is 4.95. The maximum Gasteiger partial charge on any atom is 0.0618 e. The number of benzene rings is 9. The SMILES string of the molecule is CC(C)(C)c1cc(-c2ccccc2)c(N(c2ccc3c(c2)-c2ccccc2C3(C)C)c2ccc3ccccc3c2-c2ccc(-c3ccccc3)cc2)c2ccccc12. The molecule has 1 nitrogen and oxygen atoms in total. The van der Waals surface area contributed by atoms with Gasteiger partial charge in [-0.3, -0.25) is 0 Å². The van der Waals surface area contributed by atoms with Gasteiger partial charge in [0.15, 0.2) is 0 Å². The Hall–Kier alpha value is -6.70. The van der Waals surface area contributed by atoms with Crippen molar-refractivity contribution < 1.29 is 0 Å². The van der Waals surface area contributed by atoms with Crippen molar-refractivity contribution in [2.75, 3.05) is 4.90 Å². The third-order valence-electron chi connectivity index (χ3n) is 12.4. The third kappa shape index (κ3) is 5.84. The highest BCUT2D eigenvalue weighted by atomic mass is 15.1. The smallest absolute Gasteiger partial charge is 0.0618 e. The van der Waals surface area contributed by atoms with Crippen molar-refractivity contribution in [2.24, 2.45) is 0 Å². The van der Waals surface area contributed by atoms with Crippen LogP contribution < -0.4 is 4.90 Å². The fourth-order valence-corrected chi connectivity index (χ4v) is 9.50. The average Bonchev–Trinajstić information content (AvgIpc) is 3.49. The number of rotatable bonds is 6.